The van der Waals surface area contributed by atoms with Gasteiger partial charge < -0.3 is 10.2 Å². The maximum atomic E-state index is 13.4. The minimum Gasteiger partial charge on any atom is -0.335 e. The first-order chi connectivity index (χ1) is 16.5. The Morgan fingerprint density at radius 1 is 0.941 bits per heavy atom. The lowest BCUT2D eigenvalue weighted by atomic mass is 9.91. The molecule has 0 unspecified atom stereocenters. The fraction of sp³-hybridized carbons (Fsp3) is 0.321. The van der Waals surface area contributed by atoms with Crippen molar-refractivity contribution >= 4 is 40.7 Å². The number of aryl methyl sites for hydroxylation is 1. The maximum absolute atomic E-state index is 13.4. The van der Waals surface area contributed by atoms with Gasteiger partial charge in [0, 0.05) is 39.3 Å². The van der Waals surface area contributed by atoms with Gasteiger partial charge in [-0.2, -0.15) is 0 Å². The minimum absolute atomic E-state index is 0.0116. The third kappa shape index (κ3) is 6.76. The van der Waals surface area contributed by atoms with Crippen LogP contribution < -0.4 is 5.32 Å². The molecular weight excluding hydrogens is 487 g/mol. The molecule has 1 aliphatic rings. The van der Waals surface area contributed by atoms with Gasteiger partial charge in [0.25, 0.3) is 5.91 Å². The van der Waals surface area contributed by atoms with Gasteiger partial charge in [0.2, 0.25) is 0 Å². The summed E-state index contributed by atoms with van der Waals surface area (Å²) in [6.07, 6.45) is 4.61. The van der Waals surface area contributed by atoms with E-state index in [2.05, 4.69) is 23.5 Å². The Labute approximate surface area is 217 Å². The average molecular weight is 516 g/mol. The first kappa shape index (κ1) is 25.1. The number of nitrogens with one attached hydrogen (secondary N) is 1. The van der Waals surface area contributed by atoms with E-state index in [9.17, 15) is 4.79 Å². The maximum Gasteiger partial charge on any atom is 0.254 e. The molecule has 178 valence electrons. The van der Waals surface area contributed by atoms with E-state index in [1.165, 1.54) is 11.1 Å². The SMILES string of the molecule is O=C(c1cc(Cl)cc(Cl)c1)N1CC[C@H](NCCCc2ccccc2Cl)C[C@H]1Cc1ccccc1. The number of hydrogen-bond acceptors (Lipinski definition) is 2. The molecule has 1 saturated heterocycles. The summed E-state index contributed by atoms with van der Waals surface area (Å²) in [5.41, 5.74) is 2.96. The molecule has 3 aromatic carbocycles. The molecule has 4 rings (SSSR count). The summed E-state index contributed by atoms with van der Waals surface area (Å²) >= 11 is 18.6. The fourth-order valence-electron chi connectivity index (χ4n) is 4.71. The van der Waals surface area contributed by atoms with Gasteiger partial charge in [-0.3, -0.25) is 4.79 Å². The molecular formula is C28H29Cl3N2O. The van der Waals surface area contributed by atoms with Crippen LogP contribution in [0, 0.1) is 0 Å². The molecule has 3 nitrogen and oxygen atoms in total. The third-order valence-electron chi connectivity index (χ3n) is 6.41. The highest BCUT2D eigenvalue weighted by molar-refractivity contribution is 6.35. The normalized spacial score (nSPS) is 18.1. The zero-order chi connectivity index (χ0) is 23.9. The Morgan fingerprint density at radius 2 is 1.65 bits per heavy atom. The molecule has 0 radical (unpaired) electrons. The van der Waals surface area contributed by atoms with Crippen LogP contribution in [0.3, 0.4) is 0 Å². The molecule has 34 heavy (non-hydrogen) atoms. The summed E-state index contributed by atoms with van der Waals surface area (Å²) in [6.45, 7) is 1.62. The van der Waals surface area contributed by atoms with Gasteiger partial charge in [-0.05, 0) is 74.0 Å². The van der Waals surface area contributed by atoms with Crippen molar-refractivity contribution in [1.29, 1.82) is 0 Å². The molecule has 0 saturated carbocycles. The van der Waals surface area contributed by atoms with Crippen LogP contribution in [0.25, 0.3) is 0 Å². The molecule has 6 heteroatoms. The Hall–Kier alpha value is -2.04. The van der Waals surface area contributed by atoms with Crippen molar-refractivity contribution in [2.24, 2.45) is 0 Å². The highest BCUT2D eigenvalue weighted by Gasteiger charge is 2.32. The van der Waals surface area contributed by atoms with Crippen LogP contribution in [-0.2, 0) is 12.8 Å². The van der Waals surface area contributed by atoms with Crippen LogP contribution in [0.5, 0.6) is 0 Å². The van der Waals surface area contributed by atoms with Crippen molar-refractivity contribution in [3.63, 3.8) is 0 Å². The van der Waals surface area contributed by atoms with E-state index < -0.39 is 0 Å². The second-order valence-electron chi connectivity index (χ2n) is 8.87. The van der Waals surface area contributed by atoms with Crippen molar-refractivity contribution in [3.8, 4) is 0 Å². The lowest BCUT2D eigenvalue weighted by molar-refractivity contribution is 0.0577. The molecule has 0 aromatic heterocycles. The van der Waals surface area contributed by atoms with Crippen LogP contribution in [0.4, 0.5) is 0 Å². The number of piperidine rings is 1. The summed E-state index contributed by atoms with van der Waals surface area (Å²) < 4.78 is 0. The predicted octanol–water partition coefficient (Wildman–Crippen LogP) is 7.09. The molecule has 3 aromatic rings. The Morgan fingerprint density at radius 3 is 2.38 bits per heavy atom. The Balaban J connectivity index is 1.40. The number of carbonyl (C=O) groups excluding carboxylic acids is 1. The first-order valence-corrected chi connectivity index (χ1v) is 12.9. The number of amides is 1. The molecule has 1 heterocycles. The first-order valence-electron chi connectivity index (χ1n) is 11.8. The third-order valence-corrected chi connectivity index (χ3v) is 7.22. The number of benzene rings is 3. The van der Waals surface area contributed by atoms with Crippen LogP contribution in [0.15, 0.2) is 72.8 Å². The highest BCUT2D eigenvalue weighted by Crippen LogP contribution is 2.26. The van der Waals surface area contributed by atoms with Gasteiger partial charge in [-0.1, -0.05) is 83.3 Å². The lowest BCUT2D eigenvalue weighted by Crippen LogP contribution is -2.52. The molecule has 0 bridgehead atoms. The average Bonchev–Trinajstić information content (AvgIpc) is 2.83. The quantitative estimate of drug-likeness (QED) is 0.325. The van der Waals surface area contributed by atoms with Crippen molar-refractivity contribution in [2.45, 2.75) is 44.2 Å². The summed E-state index contributed by atoms with van der Waals surface area (Å²) in [7, 11) is 0. The van der Waals surface area contributed by atoms with E-state index in [-0.39, 0.29) is 11.9 Å². The van der Waals surface area contributed by atoms with Crippen molar-refractivity contribution in [1.82, 2.24) is 10.2 Å². The van der Waals surface area contributed by atoms with Gasteiger partial charge in [0.15, 0.2) is 0 Å². The van der Waals surface area contributed by atoms with Gasteiger partial charge in [-0.15, -0.1) is 0 Å². The number of rotatable bonds is 8. The molecule has 1 fully saturated rings. The molecule has 2 atom stereocenters. The Bertz CT molecular complexity index is 1090. The lowest BCUT2D eigenvalue weighted by Gasteiger charge is -2.40. The number of halogens is 3. The summed E-state index contributed by atoms with van der Waals surface area (Å²) in [5.74, 6) is -0.0116. The summed E-state index contributed by atoms with van der Waals surface area (Å²) in [5, 5.41) is 5.51. The second-order valence-corrected chi connectivity index (χ2v) is 10.2. The molecule has 0 spiro atoms. The zero-order valence-electron chi connectivity index (χ0n) is 19.0. The van der Waals surface area contributed by atoms with Gasteiger partial charge in [0.05, 0.1) is 0 Å². The van der Waals surface area contributed by atoms with E-state index in [4.69, 9.17) is 34.8 Å². The zero-order valence-corrected chi connectivity index (χ0v) is 21.3. The van der Waals surface area contributed by atoms with E-state index in [1.54, 1.807) is 18.2 Å². The topological polar surface area (TPSA) is 32.3 Å². The summed E-state index contributed by atoms with van der Waals surface area (Å²) in [4.78, 5) is 15.4. The monoisotopic (exact) mass is 514 g/mol. The number of nitrogens with zero attached hydrogens (tertiary/aromatic N) is 1. The van der Waals surface area contributed by atoms with E-state index in [0.717, 1.165) is 43.7 Å². The smallest absolute Gasteiger partial charge is 0.254 e. The largest absolute Gasteiger partial charge is 0.335 e. The molecule has 1 aliphatic heterocycles. The number of likely N-dealkylation sites (tertiary alicyclic amines) is 1. The van der Waals surface area contributed by atoms with E-state index in [1.807, 2.05) is 41.3 Å². The van der Waals surface area contributed by atoms with Crippen molar-refractivity contribution < 1.29 is 4.79 Å². The second kappa shape index (κ2) is 12.1. The highest BCUT2D eigenvalue weighted by atomic mass is 35.5. The van der Waals surface area contributed by atoms with Crippen LogP contribution in [-0.4, -0.2) is 36.0 Å². The van der Waals surface area contributed by atoms with Crippen LogP contribution in [0.2, 0.25) is 15.1 Å². The Kier molecular flexibility index (Phi) is 8.91. The number of hydrogen-bond donors (Lipinski definition) is 1. The van der Waals surface area contributed by atoms with Crippen molar-refractivity contribution in [2.75, 3.05) is 13.1 Å². The molecule has 0 aliphatic carbocycles. The van der Waals surface area contributed by atoms with Gasteiger partial charge in [0.1, 0.15) is 0 Å². The number of carbonyl (C=O) groups is 1. The predicted molar refractivity (Wildman–Crippen MR) is 142 cm³/mol. The summed E-state index contributed by atoms with van der Waals surface area (Å²) in [6, 6.07) is 23.9. The van der Waals surface area contributed by atoms with E-state index in [0.29, 0.717) is 28.2 Å². The fourth-order valence-corrected chi connectivity index (χ4v) is 5.47. The van der Waals surface area contributed by atoms with Crippen molar-refractivity contribution in [3.05, 3.63) is 105 Å². The standard InChI is InChI=1S/C28H29Cl3N2O/c29-23-16-22(17-24(30)18-23)28(34)33-14-12-25(19-26(33)15-20-7-2-1-3-8-20)32-13-6-10-21-9-4-5-11-27(21)31/h1-5,7-9,11,16-18,25-26,32H,6,10,12-15,19H2/t25-,26+/m0/s1. The van der Waals surface area contributed by atoms with Gasteiger partial charge >= 0.3 is 0 Å². The molecule has 1 amide bonds. The van der Waals surface area contributed by atoms with Crippen LogP contribution >= 0.6 is 34.8 Å². The molecule has 1 N–H and O–H groups in total. The minimum atomic E-state index is -0.0116. The van der Waals surface area contributed by atoms with E-state index >= 15 is 0 Å². The van der Waals surface area contributed by atoms with Crippen LogP contribution in [0.1, 0.15) is 40.7 Å². The van der Waals surface area contributed by atoms with Gasteiger partial charge in [-0.25, -0.2) is 0 Å².